The van der Waals surface area contributed by atoms with Crippen molar-refractivity contribution in [1.29, 1.82) is 0 Å². The minimum atomic E-state index is 1.01. The van der Waals surface area contributed by atoms with Crippen LogP contribution >= 0.6 is 11.8 Å². The minimum Gasteiger partial charge on any atom is -0.319 e. The number of hydrogen-bond acceptors (Lipinski definition) is 4. The van der Waals surface area contributed by atoms with Crippen LogP contribution in [0.25, 0.3) is 0 Å². The first-order chi connectivity index (χ1) is 5.43. The molecule has 1 N–H and O–H groups in total. The number of hydrogen-bond donors (Lipinski definition) is 1. The van der Waals surface area contributed by atoms with Gasteiger partial charge in [0.25, 0.3) is 0 Å². The summed E-state index contributed by atoms with van der Waals surface area (Å²) >= 11 is 1.73. The molecule has 1 aromatic heterocycles. The lowest BCUT2D eigenvalue weighted by atomic mass is 10.7. The molecule has 3 nitrogen and oxygen atoms in total. The van der Waals surface area contributed by atoms with Crippen LogP contribution in [0.5, 0.6) is 0 Å². The van der Waals surface area contributed by atoms with E-state index >= 15 is 0 Å². The predicted octanol–water partition coefficient (Wildman–Crippen LogP) is 0.788. The van der Waals surface area contributed by atoms with Crippen molar-refractivity contribution < 1.29 is 0 Å². The van der Waals surface area contributed by atoms with Gasteiger partial charge in [-0.2, -0.15) is 0 Å². The lowest BCUT2D eigenvalue weighted by Gasteiger charge is -1.97. The summed E-state index contributed by atoms with van der Waals surface area (Å²) in [6, 6.07) is 1.92. The van der Waals surface area contributed by atoms with Gasteiger partial charge in [0.1, 0.15) is 6.33 Å². The van der Waals surface area contributed by atoms with Crippen LogP contribution in [0.1, 0.15) is 0 Å². The smallest absolute Gasteiger partial charge is 0.116 e. The summed E-state index contributed by atoms with van der Waals surface area (Å²) in [7, 11) is 1.94. The first-order valence-corrected chi connectivity index (χ1v) is 4.45. The van der Waals surface area contributed by atoms with Gasteiger partial charge in [-0.3, -0.25) is 0 Å². The third-order valence-electron chi connectivity index (χ3n) is 1.16. The molecule has 0 saturated carbocycles. The average Bonchev–Trinajstić information content (AvgIpc) is 2.07. The first-order valence-electron chi connectivity index (χ1n) is 3.47. The second-order valence-electron chi connectivity index (χ2n) is 2.00. The molecule has 0 bridgehead atoms. The second kappa shape index (κ2) is 5.09. The molecule has 0 aromatic carbocycles. The van der Waals surface area contributed by atoms with Crippen LogP contribution in [0.15, 0.2) is 23.6 Å². The first kappa shape index (κ1) is 8.49. The van der Waals surface area contributed by atoms with E-state index in [-0.39, 0.29) is 0 Å². The Hall–Kier alpha value is -0.610. The van der Waals surface area contributed by atoms with Gasteiger partial charge in [0.2, 0.25) is 0 Å². The zero-order chi connectivity index (χ0) is 7.94. The molecule has 0 unspecified atom stereocenters. The number of rotatable bonds is 4. The molecule has 4 heteroatoms. The van der Waals surface area contributed by atoms with Crippen molar-refractivity contribution >= 4 is 11.8 Å². The number of aromatic nitrogens is 2. The Balaban J connectivity index is 2.28. The fraction of sp³-hybridized carbons (Fsp3) is 0.429. The quantitative estimate of drug-likeness (QED) is 0.411. The van der Waals surface area contributed by atoms with Crippen LogP contribution in [0.3, 0.4) is 0 Å². The van der Waals surface area contributed by atoms with E-state index in [1.807, 2.05) is 13.1 Å². The van der Waals surface area contributed by atoms with Gasteiger partial charge >= 0.3 is 0 Å². The Morgan fingerprint density at radius 2 is 2.55 bits per heavy atom. The second-order valence-corrected chi connectivity index (χ2v) is 3.11. The maximum atomic E-state index is 4.07. The molecule has 0 saturated heterocycles. The molecule has 1 aromatic rings. The van der Waals surface area contributed by atoms with E-state index in [4.69, 9.17) is 0 Å². The highest BCUT2D eigenvalue weighted by atomic mass is 32.2. The van der Waals surface area contributed by atoms with Gasteiger partial charge in [0, 0.05) is 18.5 Å². The van der Waals surface area contributed by atoms with Crippen molar-refractivity contribution in [3.8, 4) is 0 Å². The van der Waals surface area contributed by atoms with Crippen molar-refractivity contribution in [2.75, 3.05) is 19.3 Å². The van der Waals surface area contributed by atoms with Gasteiger partial charge in [-0.05, 0) is 13.1 Å². The van der Waals surface area contributed by atoms with Crippen molar-refractivity contribution in [2.45, 2.75) is 5.03 Å². The molecule has 0 amide bonds. The molecule has 0 spiro atoms. The normalized spacial score (nSPS) is 9.91. The number of nitrogens with one attached hydrogen (secondary N) is 1. The van der Waals surface area contributed by atoms with Crippen LogP contribution in [0.2, 0.25) is 0 Å². The Morgan fingerprint density at radius 1 is 1.64 bits per heavy atom. The summed E-state index contributed by atoms with van der Waals surface area (Å²) in [5.41, 5.74) is 0. The zero-order valence-corrected chi connectivity index (χ0v) is 7.27. The molecule has 0 radical (unpaired) electrons. The summed E-state index contributed by atoms with van der Waals surface area (Å²) in [6.45, 7) is 1.01. The summed E-state index contributed by atoms with van der Waals surface area (Å²) in [5, 5.41) is 4.11. The third kappa shape index (κ3) is 3.34. The van der Waals surface area contributed by atoms with E-state index in [0.717, 1.165) is 17.3 Å². The molecule has 0 aliphatic rings. The predicted molar refractivity (Wildman–Crippen MR) is 46.7 cm³/mol. The summed E-state index contributed by atoms with van der Waals surface area (Å²) < 4.78 is 0. The van der Waals surface area contributed by atoms with Gasteiger partial charge in [0.05, 0.1) is 5.03 Å². The fourth-order valence-electron chi connectivity index (χ4n) is 0.622. The van der Waals surface area contributed by atoms with Crippen molar-refractivity contribution in [3.63, 3.8) is 0 Å². The van der Waals surface area contributed by atoms with Gasteiger partial charge in [0.15, 0.2) is 0 Å². The molecule has 60 valence electrons. The van der Waals surface area contributed by atoms with Crippen molar-refractivity contribution in [1.82, 2.24) is 15.3 Å². The Bertz CT molecular complexity index is 190. The molecular weight excluding hydrogens is 158 g/mol. The summed E-state index contributed by atoms with van der Waals surface area (Å²) in [5.74, 6) is 1.05. The van der Waals surface area contributed by atoms with E-state index in [1.54, 1.807) is 24.3 Å². The molecule has 1 rings (SSSR count). The van der Waals surface area contributed by atoms with E-state index in [0.29, 0.717) is 0 Å². The van der Waals surface area contributed by atoms with Gasteiger partial charge in [-0.1, -0.05) is 0 Å². The maximum Gasteiger partial charge on any atom is 0.116 e. The van der Waals surface area contributed by atoms with Crippen LogP contribution in [0.4, 0.5) is 0 Å². The molecule has 0 aliphatic carbocycles. The SMILES string of the molecule is CNCCSc1ccncn1. The Labute approximate surface area is 70.6 Å². The highest BCUT2D eigenvalue weighted by Crippen LogP contribution is 2.11. The largest absolute Gasteiger partial charge is 0.319 e. The molecule has 0 aliphatic heterocycles. The highest BCUT2D eigenvalue weighted by Gasteiger charge is 1.91. The number of thioether (sulfide) groups is 1. The lowest BCUT2D eigenvalue weighted by Crippen LogP contribution is -2.09. The Kier molecular flexibility index (Phi) is 3.93. The van der Waals surface area contributed by atoms with Gasteiger partial charge in [-0.25, -0.2) is 9.97 Å². The molecule has 1 heterocycles. The highest BCUT2D eigenvalue weighted by molar-refractivity contribution is 7.99. The van der Waals surface area contributed by atoms with Crippen molar-refractivity contribution in [3.05, 3.63) is 18.6 Å². The minimum absolute atomic E-state index is 1.01. The summed E-state index contributed by atoms with van der Waals surface area (Å²) in [6.07, 6.45) is 3.33. The topological polar surface area (TPSA) is 37.8 Å². The van der Waals surface area contributed by atoms with Crippen LogP contribution < -0.4 is 5.32 Å². The number of nitrogens with zero attached hydrogens (tertiary/aromatic N) is 2. The van der Waals surface area contributed by atoms with E-state index in [9.17, 15) is 0 Å². The van der Waals surface area contributed by atoms with Crippen molar-refractivity contribution in [2.24, 2.45) is 0 Å². The Morgan fingerprint density at radius 3 is 3.18 bits per heavy atom. The van der Waals surface area contributed by atoms with Gasteiger partial charge < -0.3 is 5.32 Å². The maximum absolute atomic E-state index is 4.07. The molecule has 0 atom stereocenters. The summed E-state index contributed by atoms with van der Waals surface area (Å²) in [4.78, 5) is 7.91. The third-order valence-corrected chi connectivity index (χ3v) is 2.10. The average molecular weight is 169 g/mol. The zero-order valence-electron chi connectivity index (χ0n) is 6.45. The van der Waals surface area contributed by atoms with Crippen LogP contribution in [0, 0.1) is 0 Å². The molecule has 11 heavy (non-hydrogen) atoms. The van der Waals surface area contributed by atoms with Gasteiger partial charge in [-0.15, -0.1) is 11.8 Å². The lowest BCUT2D eigenvalue weighted by molar-refractivity contribution is 0.870. The monoisotopic (exact) mass is 169 g/mol. The molecule has 0 fully saturated rings. The van der Waals surface area contributed by atoms with E-state index in [2.05, 4.69) is 15.3 Å². The standard InChI is InChI=1S/C7H11N3S/c1-8-4-5-11-7-2-3-9-6-10-7/h2-3,6,8H,4-5H2,1H3. The van der Waals surface area contributed by atoms with E-state index in [1.165, 1.54) is 0 Å². The van der Waals surface area contributed by atoms with E-state index < -0.39 is 0 Å². The van der Waals surface area contributed by atoms with Crippen LogP contribution in [-0.4, -0.2) is 29.3 Å². The molecular formula is C7H11N3S. The van der Waals surface area contributed by atoms with Crippen LogP contribution in [-0.2, 0) is 0 Å². The fourth-order valence-corrected chi connectivity index (χ4v) is 1.42.